The van der Waals surface area contributed by atoms with Crippen LogP contribution in [0.2, 0.25) is 0 Å². The number of carbonyl (C=O) groups is 1. The van der Waals surface area contributed by atoms with E-state index in [0.717, 1.165) is 11.4 Å². The van der Waals surface area contributed by atoms with Crippen LogP contribution >= 0.6 is 0 Å². The molecule has 8 nitrogen and oxygen atoms in total. The normalized spacial score (nSPS) is 10.7. The van der Waals surface area contributed by atoms with Crippen molar-refractivity contribution in [3.8, 4) is 5.69 Å². The van der Waals surface area contributed by atoms with Crippen LogP contribution in [0.1, 0.15) is 35.8 Å². The fourth-order valence-electron chi connectivity index (χ4n) is 2.49. The van der Waals surface area contributed by atoms with Gasteiger partial charge >= 0.3 is 0 Å². The molecule has 0 aliphatic carbocycles. The molecule has 0 spiro atoms. The van der Waals surface area contributed by atoms with Crippen LogP contribution in [-0.4, -0.2) is 25.8 Å². The number of hydrogen-bond acceptors (Lipinski definition) is 5. The van der Waals surface area contributed by atoms with Gasteiger partial charge in [0.15, 0.2) is 0 Å². The van der Waals surface area contributed by atoms with Gasteiger partial charge in [0.05, 0.1) is 22.5 Å². The summed E-state index contributed by atoms with van der Waals surface area (Å²) in [5, 5.41) is 21.5. The summed E-state index contributed by atoms with van der Waals surface area (Å²) >= 11 is 0. The third-order valence-electron chi connectivity index (χ3n) is 3.86. The van der Waals surface area contributed by atoms with E-state index in [9.17, 15) is 14.9 Å². The highest BCUT2D eigenvalue weighted by molar-refractivity contribution is 6.04. The average molecular weight is 351 g/mol. The van der Waals surface area contributed by atoms with E-state index < -0.39 is 4.92 Å². The molecule has 3 aromatic rings. The minimum Gasteiger partial charge on any atom is -0.322 e. The Bertz CT molecular complexity index is 947. The summed E-state index contributed by atoms with van der Waals surface area (Å²) in [6.45, 7) is 4.10. The van der Waals surface area contributed by atoms with E-state index in [0.29, 0.717) is 11.3 Å². The zero-order valence-electron chi connectivity index (χ0n) is 14.3. The lowest BCUT2D eigenvalue weighted by atomic mass is 10.1. The molecule has 0 bridgehead atoms. The molecule has 1 amide bonds. The summed E-state index contributed by atoms with van der Waals surface area (Å²) < 4.78 is 1.73. The van der Waals surface area contributed by atoms with Crippen LogP contribution in [0, 0.1) is 10.1 Å². The fraction of sp³-hybridized carbons (Fsp3) is 0.167. The molecule has 0 saturated heterocycles. The van der Waals surface area contributed by atoms with Gasteiger partial charge in [-0.2, -0.15) is 0 Å². The number of rotatable bonds is 5. The zero-order valence-corrected chi connectivity index (χ0v) is 14.3. The minimum atomic E-state index is -0.504. The number of nitro groups is 1. The number of carbonyl (C=O) groups excluding carboxylic acids is 1. The number of nitro benzene ring substituents is 1. The second kappa shape index (κ2) is 7.14. The van der Waals surface area contributed by atoms with Crippen LogP contribution in [0.4, 0.5) is 11.4 Å². The van der Waals surface area contributed by atoms with E-state index in [1.54, 1.807) is 23.0 Å². The van der Waals surface area contributed by atoms with E-state index in [-0.39, 0.29) is 17.5 Å². The van der Waals surface area contributed by atoms with Crippen LogP contribution in [0.3, 0.4) is 0 Å². The Labute approximate surface area is 149 Å². The van der Waals surface area contributed by atoms with Crippen molar-refractivity contribution in [2.45, 2.75) is 19.8 Å². The first-order valence-corrected chi connectivity index (χ1v) is 8.02. The largest absolute Gasteiger partial charge is 0.322 e. The van der Waals surface area contributed by atoms with Gasteiger partial charge in [-0.3, -0.25) is 14.9 Å². The molecule has 3 rings (SSSR count). The quantitative estimate of drug-likeness (QED) is 0.559. The number of benzene rings is 2. The number of nitrogens with one attached hydrogen (secondary N) is 1. The van der Waals surface area contributed by atoms with Gasteiger partial charge < -0.3 is 5.32 Å². The topological polar surface area (TPSA) is 103 Å². The first kappa shape index (κ1) is 17.3. The maximum absolute atomic E-state index is 12.4. The van der Waals surface area contributed by atoms with Crippen molar-refractivity contribution in [3.05, 3.63) is 76.1 Å². The molecule has 1 heterocycles. The highest BCUT2D eigenvalue weighted by atomic mass is 16.6. The van der Waals surface area contributed by atoms with Crippen molar-refractivity contribution in [2.75, 3.05) is 5.32 Å². The highest BCUT2D eigenvalue weighted by Gasteiger charge is 2.12. The number of amides is 1. The van der Waals surface area contributed by atoms with E-state index >= 15 is 0 Å². The molecule has 0 unspecified atom stereocenters. The molecule has 1 N–H and O–H groups in total. The van der Waals surface area contributed by atoms with Gasteiger partial charge in [-0.25, -0.2) is 4.68 Å². The van der Waals surface area contributed by atoms with Crippen molar-refractivity contribution in [2.24, 2.45) is 0 Å². The molecule has 0 radical (unpaired) electrons. The lowest BCUT2D eigenvalue weighted by molar-refractivity contribution is -0.384. The highest BCUT2D eigenvalue weighted by Crippen LogP contribution is 2.20. The van der Waals surface area contributed by atoms with Gasteiger partial charge in [-0.15, -0.1) is 5.10 Å². The number of anilines is 1. The minimum absolute atomic E-state index is 0.0593. The number of non-ortho nitro benzene ring substituents is 1. The Morgan fingerprint density at radius 2 is 1.92 bits per heavy atom. The van der Waals surface area contributed by atoms with Gasteiger partial charge in [-0.05, 0) is 36.2 Å². The average Bonchev–Trinajstić information content (AvgIpc) is 3.12. The lowest BCUT2D eigenvalue weighted by Crippen LogP contribution is -2.12. The first-order valence-electron chi connectivity index (χ1n) is 8.02. The van der Waals surface area contributed by atoms with Gasteiger partial charge in [-0.1, -0.05) is 25.1 Å². The molecule has 0 aliphatic rings. The monoisotopic (exact) mass is 351 g/mol. The van der Waals surface area contributed by atoms with Gasteiger partial charge in [0.2, 0.25) is 0 Å². The summed E-state index contributed by atoms with van der Waals surface area (Å²) in [6, 6.07) is 12.7. The molecule has 8 heteroatoms. The maximum atomic E-state index is 12.4. The van der Waals surface area contributed by atoms with E-state index in [2.05, 4.69) is 29.5 Å². The molecule has 26 heavy (non-hydrogen) atoms. The van der Waals surface area contributed by atoms with Crippen molar-refractivity contribution in [1.82, 2.24) is 15.0 Å². The summed E-state index contributed by atoms with van der Waals surface area (Å²) in [6.07, 6.45) is 1.72. The smallest absolute Gasteiger partial charge is 0.269 e. The molecule has 0 aliphatic heterocycles. The van der Waals surface area contributed by atoms with Crippen LogP contribution in [0.5, 0.6) is 0 Å². The van der Waals surface area contributed by atoms with Gasteiger partial charge in [0, 0.05) is 23.4 Å². The van der Waals surface area contributed by atoms with Crippen LogP contribution in [0.25, 0.3) is 5.69 Å². The van der Waals surface area contributed by atoms with Crippen LogP contribution in [-0.2, 0) is 0 Å². The molecular weight excluding hydrogens is 334 g/mol. The number of aromatic nitrogens is 3. The maximum Gasteiger partial charge on any atom is 0.269 e. The van der Waals surface area contributed by atoms with Crippen molar-refractivity contribution >= 4 is 17.3 Å². The summed E-state index contributed by atoms with van der Waals surface area (Å²) in [5.41, 5.74) is 2.62. The number of nitrogens with zero attached hydrogens (tertiary/aromatic N) is 4. The third-order valence-corrected chi connectivity index (χ3v) is 3.86. The van der Waals surface area contributed by atoms with E-state index in [1.807, 2.05) is 12.1 Å². The van der Waals surface area contributed by atoms with E-state index in [4.69, 9.17) is 0 Å². The molecule has 132 valence electrons. The van der Waals surface area contributed by atoms with Crippen molar-refractivity contribution in [3.63, 3.8) is 0 Å². The molecular formula is C18H17N5O3. The zero-order chi connectivity index (χ0) is 18.7. The van der Waals surface area contributed by atoms with Crippen molar-refractivity contribution in [1.29, 1.82) is 0 Å². The second-order valence-corrected chi connectivity index (χ2v) is 6.03. The van der Waals surface area contributed by atoms with E-state index in [1.165, 1.54) is 24.3 Å². The Morgan fingerprint density at radius 1 is 1.19 bits per heavy atom. The van der Waals surface area contributed by atoms with Crippen LogP contribution in [0.15, 0.2) is 54.7 Å². The Kier molecular flexibility index (Phi) is 4.74. The molecule has 1 aromatic heterocycles. The van der Waals surface area contributed by atoms with Crippen LogP contribution < -0.4 is 5.32 Å². The second-order valence-electron chi connectivity index (χ2n) is 6.03. The Balaban J connectivity index is 1.81. The van der Waals surface area contributed by atoms with Gasteiger partial charge in [0.25, 0.3) is 11.6 Å². The standard InChI is InChI=1S/C18H17N5O3/c1-12(2)17-11-19-21-22(17)16-5-3-4-14(10-16)20-18(24)13-6-8-15(9-7-13)23(25)26/h3-12H,1-2H3,(H,20,24). The third kappa shape index (κ3) is 3.59. The van der Waals surface area contributed by atoms with Gasteiger partial charge in [0.1, 0.15) is 0 Å². The summed E-state index contributed by atoms with van der Waals surface area (Å²) in [4.78, 5) is 22.5. The molecule has 0 atom stereocenters. The summed E-state index contributed by atoms with van der Waals surface area (Å²) in [5.74, 6) is -0.0944. The SMILES string of the molecule is CC(C)c1cnnn1-c1cccc(NC(=O)c2ccc([N+](=O)[O-])cc2)c1. The Morgan fingerprint density at radius 3 is 2.58 bits per heavy atom. The predicted molar refractivity (Wildman–Crippen MR) is 96.5 cm³/mol. The van der Waals surface area contributed by atoms with Crippen molar-refractivity contribution < 1.29 is 9.72 Å². The Hall–Kier alpha value is -3.55. The fourth-order valence-corrected chi connectivity index (χ4v) is 2.49. The number of hydrogen-bond donors (Lipinski definition) is 1. The molecule has 0 saturated carbocycles. The summed E-state index contributed by atoms with van der Waals surface area (Å²) in [7, 11) is 0. The first-order chi connectivity index (χ1) is 12.5. The molecule has 2 aromatic carbocycles. The predicted octanol–water partition coefficient (Wildman–Crippen LogP) is 3.55. The molecule has 0 fully saturated rings. The lowest BCUT2D eigenvalue weighted by Gasteiger charge is -2.11.